The molecule has 0 radical (unpaired) electrons. The lowest BCUT2D eigenvalue weighted by atomic mass is 9.46. The van der Waals surface area contributed by atoms with Crippen LogP contribution < -0.4 is 16.6 Å². The Bertz CT molecular complexity index is 1260. The average Bonchev–Trinajstić information content (AvgIpc) is 3.62. The molecule has 2 saturated heterocycles. The third-order valence-electron chi connectivity index (χ3n) is 11.3. The lowest BCUT2D eigenvalue weighted by Crippen LogP contribution is -2.65. The highest BCUT2D eigenvalue weighted by molar-refractivity contribution is 5.94. The number of ether oxygens (including phenoxy) is 1. The summed E-state index contributed by atoms with van der Waals surface area (Å²) in [4.78, 5) is 44.3. The maximum atomic E-state index is 13.7. The standard InChI is InChI=1S/C31H42N6O4/c32-16-24-10-22-11-25(22)37(24)29(40)27(33)30-12-19-9-20(13-30)15-31(14-19,18-30)41-8-7-36-5-3-23(4-6-36)35-28(39)21-1-2-26(38)34-17-21/h1-2,17,19-20,22-25,27H,3-15,18,33H2,(H,34,38)(H,35,39)/t19-,20?,22+,24-,25-,27+,30?,31?/m0/s1. The Balaban J connectivity index is 0.923. The summed E-state index contributed by atoms with van der Waals surface area (Å²) in [5.41, 5.74) is 6.73. The molecule has 41 heavy (non-hydrogen) atoms. The zero-order valence-corrected chi connectivity index (χ0v) is 23.7. The van der Waals surface area contributed by atoms with Crippen LogP contribution in [0.5, 0.6) is 0 Å². The fourth-order valence-corrected chi connectivity index (χ4v) is 9.61. The number of fused-ring (bicyclic) bond motifs is 1. The van der Waals surface area contributed by atoms with Gasteiger partial charge in [-0.25, -0.2) is 0 Å². The molecular weight excluding hydrogens is 520 g/mol. The summed E-state index contributed by atoms with van der Waals surface area (Å²) in [6, 6.07) is 4.78. The molecular formula is C31H42N6O4. The van der Waals surface area contributed by atoms with Gasteiger partial charge in [0.25, 0.3) is 5.91 Å². The summed E-state index contributed by atoms with van der Waals surface area (Å²) in [6.45, 7) is 3.33. The van der Waals surface area contributed by atoms with E-state index in [1.165, 1.54) is 18.7 Å². The van der Waals surface area contributed by atoms with Crippen LogP contribution in [0.2, 0.25) is 0 Å². The molecule has 2 aliphatic heterocycles. The molecule has 0 aromatic carbocycles. The zero-order chi connectivity index (χ0) is 28.4. The van der Waals surface area contributed by atoms with Gasteiger partial charge in [0, 0.05) is 44.0 Å². The first-order valence-corrected chi connectivity index (χ1v) is 15.6. The van der Waals surface area contributed by atoms with E-state index in [2.05, 4.69) is 21.3 Å². The van der Waals surface area contributed by atoms with Crippen LogP contribution in [0, 0.1) is 34.5 Å². The molecule has 8 rings (SSSR count). The van der Waals surface area contributed by atoms with E-state index in [1.807, 2.05) is 4.90 Å². The normalized spacial score (nSPS) is 38.3. The molecule has 0 spiro atoms. The summed E-state index contributed by atoms with van der Waals surface area (Å²) < 4.78 is 6.78. The van der Waals surface area contributed by atoms with Gasteiger partial charge in [0.05, 0.1) is 29.9 Å². The minimum absolute atomic E-state index is 0.00848. The van der Waals surface area contributed by atoms with Crippen molar-refractivity contribution < 1.29 is 14.3 Å². The van der Waals surface area contributed by atoms with Gasteiger partial charge in [-0.2, -0.15) is 5.26 Å². The fourth-order valence-electron chi connectivity index (χ4n) is 9.61. The van der Waals surface area contributed by atoms with E-state index in [1.54, 1.807) is 6.07 Å². The Hall–Kier alpha value is -2.74. The molecule has 1 aromatic heterocycles. The maximum Gasteiger partial charge on any atom is 0.252 e. The number of carbonyl (C=O) groups is 2. The number of nitrogens with zero attached hydrogens (tertiary/aromatic N) is 3. The number of hydrogen-bond donors (Lipinski definition) is 3. The van der Waals surface area contributed by atoms with Crippen molar-refractivity contribution in [1.29, 1.82) is 5.26 Å². The van der Waals surface area contributed by atoms with Crippen LogP contribution in [0.25, 0.3) is 0 Å². The number of H-pyrrole nitrogens is 1. The topological polar surface area (TPSA) is 145 Å². The Morgan fingerprint density at radius 2 is 1.90 bits per heavy atom. The Labute approximate surface area is 241 Å². The van der Waals surface area contributed by atoms with E-state index >= 15 is 0 Å². The number of nitrogens with one attached hydrogen (secondary N) is 2. The monoisotopic (exact) mass is 562 g/mol. The highest BCUT2D eigenvalue weighted by Crippen LogP contribution is 2.64. The first-order chi connectivity index (χ1) is 19.8. The lowest BCUT2D eigenvalue weighted by Gasteiger charge is -2.63. The Kier molecular flexibility index (Phi) is 6.75. The summed E-state index contributed by atoms with van der Waals surface area (Å²) in [5.74, 6) is 1.49. The number of aromatic nitrogens is 1. The number of pyridine rings is 1. The van der Waals surface area contributed by atoms with Crippen LogP contribution in [-0.2, 0) is 9.53 Å². The van der Waals surface area contributed by atoms with Crippen molar-refractivity contribution in [2.24, 2.45) is 28.9 Å². The first-order valence-electron chi connectivity index (χ1n) is 15.6. The summed E-state index contributed by atoms with van der Waals surface area (Å²) in [6.07, 6.45) is 11.3. The van der Waals surface area contributed by atoms with Crippen molar-refractivity contribution in [3.8, 4) is 6.07 Å². The molecule has 4 bridgehead atoms. The van der Waals surface area contributed by atoms with Crippen LogP contribution >= 0.6 is 0 Å². The van der Waals surface area contributed by atoms with E-state index in [0.29, 0.717) is 29.9 Å². The van der Waals surface area contributed by atoms with E-state index in [4.69, 9.17) is 10.5 Å². The molecule has 4 N–H and O–H groups in total. The highest BCUT2D eigenvalue weighted by Gasteiger charge is 2.63. The number of hydrogen-bond acceptors (Lipinski definition) is 7. The predicted octanol–water partition coefficient (Wildman–Crippen LogP) is 1.76. The molecule has 7 aliphatic rings. The molecule has 8 atom stereocenters. The molecule has 2 amide bonds. The Morgan fingerprint density at radius 1 is 1.15 bits per heavy atom. The molecule has 5 aliphatic carbocycles. The van der Waals surface area contributed by atoms with Crippen molar-refractivity contribution in [3.63, 3.8) is 0 Å². The number of aromatic amines is 1. The van der Waals surface area contributed by atoms with Crippen molar-refractivity contribution in [2.75, 3.05) is 26.2 Å². The van der Waals surface area contributed by atoms with Gasteiger partial charge in [-0.1, -0.05) is 0 Å². The lowest BCUT2D eigenvalue weighted by molar-refractivity contribution is -0.201. The van der Waals surface area contributed by atoms with Gasteiger partial charge in [-0.15, -0.1) is 0 Å². The molecule has 5 saturated carbocycles. The minimum Gasteiger partial charge on any atom is -0.374 e. The minimum atomic E-state index is -0.544. The quantitative estimate of drug-likeness (QED) is 0.438. The zero-order valence-electron chi connectivity index (χ0n) is 23.7. The third kappa shape index (κ3) is 5.00. The molecule has 10 nitrogen and oxygen atoms in total. The van der Waals surface area contributed by atoms with Crippen LogP contribution in [-0.4, -0.2) is 82.6 Å². The third-order valence-corrected chi connectivity index (χ3v) is 11.3. The summed E-state index contributed by atoms with van der Waals surface area (Å²) >= 11 is 0. The largest absolute Gasteiger partial charge is 0.374 e. The molecule has 3 unspecified atom stereocenters. The molecule has 1 aromatic rings. The van der Waals surface area contributed by atoms with Gasteiger partial charge in [-0.3, -0.25) is 14.4 Å². The van der Waals surface area contributed by atoms with Crippen molar-refractivity contribution in [2.45, 2.75) is 94.0 Å². The number of likely N-dealkylation sites (tertiary alicyclic amines) is 2. The van der Waals surface area contributed by atoms with Gasteiger partial charge in [0.2, 0.25) is 11.5 Å². The van der Waals surface area contributed by atoms with E-state index < -0.39 is 6.04 Å². The molecule has 10 heteroatoms. The maximum absolute atomic E-state index is 13.7. The van der Waals surface area contributed by atoms with Crippen LogP contribution in [0.4, 0.5) is 0 Å². The number of rotatable bonds is 8. The second kappa shape index (κ2) is 10.2. The van der Waals surface area contributed by atoms with E-state index in [0.717, 1.165) is 77.4 Å². The van der Waals surface area contributed by atoms with E-state index in [-0.39, 0.29) is 46.5 Å². The van der Waals surface area contributed by atoms with Gasteiger partial charge in [0.1, 0.15) is 6.04 Å². The second-order valence-corrected chi connectivity index (χ2v) is 14.1. The first kappa shape index (κ1) is 27.1. The van der Waals surface area contributed by atoms with Crippen LogP contribution in [0.3, 0.4) is 0 Å². The van der Waals surface area contributed by atoms with Crippen molar-refractivity contribution in [3.05, 3.63) is 34.2 Å². The van der Waals surface area contributed by atoms with Crippen molar-refractivity contribution in [1.82, 2.24) is 20.1 Å². The van der Waals surface area contributed by atoms with E-state index in [9.17, 15) is 19.6 Å². The summed E-state index contributed by atoms with van der Waals surface area (Å²) in [7, 11) is 0. The van der Waals surface area contributed by atoms with Gasteiger partial charge >= 0.3 is 0 Å². The van der Waals surface area contributed by atoms with Gasteiger partial charge in [-0.05, 0) is 93.4 Å². The SMILES string of the molecule is N#C[C@@H]1C[C@@H]2C[C@@H]2N1C(=O)[C@@H](N)C12CC3C[C@H](CC(OCCN4CCC(NC(=O)c5ccc(=O)[nH]c5)CC4)(C3)C1)C2. The van der Waals surface area contributed by atoms with Crippen molar-refractivity contribution >= 4 is 11.8 Å². The number of piperidine rings is 2. The molecule has 7 fully saturated rings. The van der Waals surface area contributed by atoms with Crippen LogP contribution in [0.1, 0.15) is 74.6 Å². The molecule has 220 valence electrons. The number of carbonyl (C=O) groups excluding carboxylic acids is 2. The van der Waals surface area contributed by atoms with Crippen LogP contribution in [0.15, 0.2) is 23.1 Å². The second-order valence-electron chi connectivity index (χ2n) is 14.1. The highest BCUT2D eigenvalue weighted by atomic mass is 16.5. The van der Waals surface area contributed by atoms with Gasteiger partial charge in [0.15, 0.2) is 0 Å². The van der Waals surface area contributed by atoms with Gasteiger partial charge < -0.3 is 30.6 Å². The summed E-state index contributed by atoms with van der Waals surface area (Å²) in [5, 5.41) is 12.8. The molecule has 3 heterocycles. The number of nitrogens with two attached hydrogens (primary N) is 1. The predicted molar refractivity (Wildman–Crippen MR) is 151 cm³/mol. The smallest absolute Gasteiger partial charge is 0.252 e. The Morgan fingerprint density at radius 3 is 2.59 bits per heavy atom. The fraction of sp³-hybridized carbons (Fsp3) is 0.742. The number of nitriles is 1. The number of amides is 2. The average molecular weight is 563 g/mol.